The molecule has 0 N–H and O–H groups in total. The Morgan fingerprint density at radius 3 is 1.33 bits per heavy atom. The van der Waals surface area contributed by atoms with Gasteiger partial charge < -0.3 is 9.04 Å². The van der Waals surface area contributed by atoms with E-state index in [0.29, 0.717) is 6.42 Å². The highest BCUT2D eigenvalue weighted by Gasteiger charge is 2.16. The lowest BCUT2D eigenvalue weighted by Gasteiger charge is -2.34. The molecule has 4 nitrogen and oxygen atoms in total. The molecule has 112 valence electrons. The van der Waals surface area contributed by atoms with Crippen LogP contribution in [-0.4, -0.2) is 49.4 Å². The van der Waals surface area contributed by atoms with Crippen molar-refractivity contribution in [1.82, 2.24) is 0 Å². The van der Waals surface area contributed by atoms with E-state index >= 15 is 0 Å². The van der Waals surface area contributed by atoms with Crippen molar-refractivity contribution in [2.45, 2.75) is 48.0 Å². The molecule has 0 aromatic rings. The van der Waals surface area contributed by atoms with Crippen LogP contribution in [0, 0.1) is 5.92 Å². The Labute approximate surface area is 114 Å². The first kappa shape index (κ1) is 20.2. The highest BCUT2D eigenvalue weighted by atomic mass is 32.2. The molecule has 0 unspecified atom stereocenters. The number of quaternary nitrogens is 1. The van der Waals surface area contributed by atoms with Crippen molar-refractivity contribution in [3.8, 4) is 0 Å². The van der Waals surface area contributed by atoms with E-state index in [1.807, 2.05) is 13.8 Å². The first-order valence-electron chi connectivity index (χ1n) is 6.94. The number of hydrogen-bond donors (Lipinski definition) is 0. The van der Waals surface area contributed by atoms with E-state index in [1.54, 1.807) is 0 Å². The Morgan fingerprint density at radius 2 is 1.28 bits per heavy atom. The van der Waals surface area contributed by atoms with Crippen LogP contribution in [0.25, 0.3) is 0 Å². The average molecular weight is 281 g/mol. The van der Waals surface area contributed by atoms with Crippen molar-refractivity contribution < 1.29 is 17.5 Å². The van der Waals surface area contributed by atoms with Gasteiger partial charge in [0.1, 0.15) is 0 Å². The maximum Gasteiger partial charge on any atom is 0.0946 e. The van der Waals surface area contributed by atoms with Crippen LogP contribution in [0.3, 0.4) is 0 Å². The topological polar surface area (TPSA) is 57.2 Å². The molecule has 0 spiro atoms. The number of nitrogens with zero attached hydrogens (tertiary/aromatic N) is 1. The van der Waals surface area contributed by atoms with Gasteiger partial charge in [-0.2, -0.15) is 0 Å². The maximum absolute atomic E-state index is 9.98. The molecular formula is C13H31NO3S. The number of hydrogen-bond acceptors (Lipinski definition) is 3. The standard InChI is InChI=1S/C8H20N.C5H12O3S/c1-5-9(6-2,7-3)8-4;1-5(2)3-4-9(6,7)8/h5-8H2,1-4H3;5H,3-4H2,1-2H3,(H,6,7,8)/q+1;/p-1. The van der Waals surface area contributed by atoms with Gasteiger partial charge in [-0.25, -0.2) is 8.42 Å². The molecule has 0 aromatic heterocycles. The van der Waals surface area contributed by atoms with E-state index < -0.39 is 10.1 Å². The third-order valence-electron chi connectivity index (χ3n) is 3.63. The van der Waals surface area contributed by atoms with Crippen molar-refractivity contribution in [3.63, 3.8) is 0 Å². The minimum absolute atomic E-state index is 0.231. The van der Waals surface area contributed by atoms with E-state index in [1.165, 1.54) is 30.7 Å². The third kappa shape index (κ3) is 11.0. The van der Waals surface area contributed by atoms with Gasteiger partial charge in [-0.1, -0.05) is 13.8 Å². The van der Waals surface area contributed by atoms with Crippen LogP contribution < -0.4 is 0 Å². The molecule has 0 atom stereocenters. The monoisotopic (exact) mass is 281 g/mol. The summed E-state index contributed by atoms with van der Waals surface area (Å²) in [5.41, 5.74) is 0. The first-order chi connectivity index (χ1) is 8.16. The summed E-state index contributed by atoms with van der Waals surface area (Å²) in [5, 5.41) is 0. The Bertz CT molecular complexity index is 265. The van der Waals surface area contributed by atoms with E-state index in [4.69, 9.17) is 0 Å². The summed E-state index contributed by atoms with van der Waals surface area (Å²) in [5.74, 6) is 0.0544. The zero-order valence-electron chi connectivity index (χ0n) is 12.9. The summed E-state index contributed by atoms with van der Waals surface area (Å²) in [6.07, 6.45) is 0.464. The molecule has 0 radical (unpaired) electrons. The molecule has 18 heavy (non-hydrogen) atoms. The van der Waals surface area contributed by atoms with Gasteiger partial charge in [-0.3, -0.25) is 0 Å². The highest BCUT2D eigenvalue weighted by molar-refractivity contribution is 7.85. The van der Waals surface area contributed by atoms with E-state index in [2.05, 4.69) is 27.7 Å². The van der Waals surface area contributed by atoms with Crippen molar-refractivity contribution in [2.24, 2.45) is 5.92 Å². The zero-order chi connectivity index (χ0) is 14.8. The Hall–Kier alpha value is -0.130. The molecule has 0 aliphatic rings. The summed E-state index contributed by atoms with van der Waals surface area (Å²) in [6.45, 7) is 18.0. The molecule has 0 amide bonds. The van der Waals surface area contributed by atoms with Gasteiger partial charge in [0, 0.05) is 5.75 Å². The number of rotatable bonds is 7. The molecule has 0 aliphatic carbocycles. The highest BCUT2D eigenvalue weighted by Crippen LogP contribution is 2.03. The van der Waals surface area contributed by atoms with Crippen molar-refractivity contribution in [1.29, 1.82) is 0 Å². The van der Waals surface area contributed by atoms with Crippen molar-refractivity contribution >= 4 is 10.1 Å². The third-order valence-corrected chi connectivity index (χ3v) is 4.36. The summed E-state index contributed by atoms with van der Waals surface area (Å²) >= 11 is 0. The molecule has 5 heteroatoms. The van der Waals surface area contributed by atoms with Crippen LogP contribution in [0.4, 0.5) is 0 Å². The van der Waals surface area contributed by atoms with Gasteiger partial charge in [-0.05, 0) is 40.0 Å². The second kappa shape index (κ2) is 9.75. The van der Waals surface area contributed by atoms with Gasteiger partial charge in [0.05, 0.1) is 36.3 Å². The summed E-state index contributed by atoms with van der Waals surface area (Å²) < 4.78 is 31.2. The molecule has 0 aliphatic heterocycles. The van der Waals surface area contributed by atoms with Gasteiger partial charge in [0.2, 0.25) is 0 Å². The summed E-state index contributed by atoms with van der Waals surface area (Å²) in [6, 6.07) is 0. The van der Waals surface area contributed by atoms with Gasteiger partial charge in [-0.15, -0.1) is 0 Å². The largest absolute Gasteiger partial charge is 0.748 e. The predicted octanol–water partition coefficient (Wildman–Crippen LogP) is 2.46. The van der Waals surface area contributed by atoms with Crippen LogP contribution >= 0.6 is 0 Å². The van der Waals surface area contributed by atoms with Crippen LogP contribution in [0.2, 0.25) is 0 Å². The molecule has 0 heterocycles. The van der Waals surface area contributed by atoms with Crippen LogP contribution in [0.15, 0.2) is 0 Å². The van der Waals surface area contributed by atoms with Crippen LogP contribution in [0.5, 0.6) is 0 Å². The Morgan fingerprint density at radius 1 is 0.944 bits per heavy atom. The van der Waals surface area contributed by atoms with Gasteiger partial charge in [0.25, 0.3) is 0 Å². The fourth-order valence-electron chi connectivity index (χ4n) is 1.72. The zero-order valence-corrected chi connectivity index (χ0v) is 13.7. The second-order valence-electron chi connectivity index (χ2n) is 5.05. The van der Waals surface area contributed by atoms with Crippen LogP contribution in [0.1, 0.15) is 48.0 Å². The lowest BCUT2D eigenvalue weighted by Crippen LogP contribution is -2.47. The summed E-state index contributed by atoms with van der Waals surface area (Å²) in [7, 11) is -3.97. The molecule has 0 aromatic carbocycles. The van der Waals surface area contributed by atoms with E-state index in [9.17, 15) is 13.0 Å². The summed E-state index contributed by atoms with van der Waals surface area (Å²) in [4.78, 5) is 0. The first-order valence-corrected chi connectivity index (χ1v) is 8.52. The molecule has 0 bridgehead atoms. The lowest BCUT2D eigenvalue weighted by molar-refractivity contribution is -0.921. The second-order valence-corrected chi connectivity index (χ2v) is 6.57. The molecule has 0 saturated carbocycles. The minimum Gasteiger partial charge on any atom is -0.748 e. The predicted molar refractivity (Wildman–Crippen MR) is 76.4 cm³/mol. The average Bonchev–Trinajstić information content (AvgIpc) is 2.30. The molecule has 0 rings (SSSR count). The lowest BCUT2D eigenvalue weighted by atomic mass is 10.2. The van der Waals surface area contributed by atoms with Crippen molar-refractivity contribution in [3.05, 3.63) is 0 Å². The smallest absolute Gasteiger partial charge is 0.0946 e. The molecule has 0 saturated heterocycles. The minimum atomic E-state index is -3.97. The normalized spacial score (nSPS) is 12.2. The van der Waals surface area contributed by atoms with Gasteiger partial charge in [0.15, 0.2) is 0 Å². The Balaban J connectivity index is 0. The fourth-order valence-corrected chi connectivity index (χ4v) is 2.48. The molecule has 0 fully saturated rings. The van der Waals surface area contributed by atoms with Crippen LogP contribution in [-0.2, 0) is 10.1 Å². The SMILES string of the molecule is CC(C)CCS(=O)(=O)[O-].CC[N+](CC)(CC)CC. The van der Waals surface area contributed by atoms with E-state index in [0.717, 1.165) is 0 Å². The fraction of sp³-hybridized carbons (Fsp3) is 1.00. The van der Waals surface area contributed by atoms with Crippen molar-refractivity contribution in [2.75, 3.05) is 31.9 Å². The Kier molecular flexibility index (Phi) is 10.9. The maximum atomic E-state index is 9.98. The quantitative estimate of drug-likeness (QED) is 0.532. The van der Waals surface area contributed by atoms with E-state index in [-0.39, 0.29) is 11.7 Å². The molecular weight excluding hydrogens is 250 g/mol. The van der Waals surface area contributed by atoms with Gasteiger partial charge >= 0.3 is 0 Å².